The van der Waals surface area contributed by atoms with Crippen molar-refractivity contribution < 1.29 is 4.74 Å². The Balaban J connectivity index is 1.44. The zero-order valence-electron chi connectivity index (χ0n) is 18.6. The number of fused-ring (bicyclic) bond motifs is 1. The summed E-state index contributed by atoms with van der Waals surface area (Å²) in [6, 6.07) is 32.4. The van der Waals surface area contributed by atoms with Crippen LogP contribution in [-0.2, 0) is 19.4 Å². The highest BCUT2D eigenvalue weighted by Gasteiger charge is 2.08. The normalized spacial score (nSPS) is 10.9. The van der Waals surface area contributed by atoms with E-state index in [0.717, 1.165) is 31.6 Å². The Hall–Kier alpha value is -3.26. The van der Waals surface area contributed by atoms with Crippen molar-refractivity contribution in [1.29, 1.82) is 0 Å². The van der Waals surface area contributed by atoms with Crippen molar-refractivity contribution in [2.24, 2.45) is 0 Å². The first-order valence-corrected chi connectivity index (χ1v) is 11.2. The second-order valence-electron chi connectivity index (χ2n) is 8.16. The third kappa shape index (κ3) is 5.46. The Morgan fingerprint density at radius 3 is 2.26 bits per heavy atom. The second-order valence-corrected chi connectivity index (χ2v) is 8.16. The van der Waals surface area contributed by atoms with E-state index in [1.165, 1.54) is 33.2 Å². The number of anilines is 1. The van der Waals surface area contributed by atoms with Gasteiger partial charge < -0.3 is 9.64 Å². The second kappa shape index (κ2) is 10.2. The van der Waals surface area contributed by atoms with Crippen LogP contribution in [0.2, 0.25) is 0 Å². The van der Waals surface area contributed by atoms with Gasteiger partial charge in [0.25, 0.3) is 0 Å². The van der Waals surface area contributed by atoms with E-state index in [4.69, 9.17) is 4.74 Å². The lowest BCUT2D eigenvalue weighted by molar-refractivity contribution is 0.318. The molecule has 0 aliphatic heterocycles. The van der Waals surface area contributed by atoms with Crippen molar-refractivity contribution in [2.45, 2.75) is 32.7 Å². The van der Waals surface area contributed by atoms with Gasteiger partial charge in [-0.25, -0.2) is 0 Å². The van der Waals surface area contributed by atoms with Crippen molar-refractivity contribution in [3.63, 3.8) is 0 Å². The van der Waals surface area contributed by atoms with E-state index in [0.29, 0.717) is 6.61 Å². The number of para-hydroxylation sites is 1. The maximum absolute atomic E-state index is 6.32. The third-order valence-corrected chi connectivity index (χ3v) is 5.73. The first-order chi connectivity index (χ1) is 15.2. The topological polar surface area (TPSA) is 12.5 Å². The van der Waals surface area contributed by atoms with Gasteiger partial charge in [-0.15, -0.1) is 0 Å². The summed E-state index contributed by atoms with van der Waals surface area (Å²) in [7, 11) is 2.13. The zero-order valence-corrected chi connectivity index (χ0v) is 18.6. The van der Waals surface area contributed by atoms with Gasteiger partial charge in [0.15, 0.2) is 0 Å². The Morgan fingerprint density at radius 1 is 0.710 bits per heavy atom. The van der Waals surface area contributed by atoms with Crippen LogP contribution in [0.5, 0.6) is 5.75 Å². The molecule has 0 heterocycles. The lowest BCUT2D eigenvalue weighted by Crippen LogP contribution is -2.16. The highest BCUT2D eigenvalue weighted by Crippen LogP contribution is 2.25. The average Bonchev–Trinajstić information content (AvgIpc) is 2.81. The summed E-state index contributed by atoms with van der Waals surface area (Å²) in [6.07, 6.45) is 3.06. The Kier molecular flexibility index (Phi) is 6.89. The van der Waals surface area contributed by atoms with Gasteiger partial charge in [-0.05, 0) is 52.1 Å². The average molecular weight is 410 g/mol. The fourth-order valence-electron chi connectivity index (χ4n) is 4.03. The molecule has 158 valence electrons. The van der Waals surface area contributed by atoms with E-state index in [1.807, 2.05) is 0 Å². The van der Waals surface area contributed by atoms with Crippen molar-refractivity contribution in [3.8, 4) is 5.75 Å². The molecule has 4 aromatic carbocycles. The molecule has 31 heavy (non-hydrogen) atoms. The van der Waals surface area contributed by atoms with Crippen LogP contribution in [0.4, 0.5) is 5.69 Å². The maximum Gasteiger partial charge on any atom is 0.122 e. The number of benzene rings is 4. The molecule has 0 bridgehead atoms. The fraction of sp³-hybridized carbons (Fsp3) is 0.241. The summed E-state index contributed by atoms with van der Waals surface area (Å²) in [5.74, 6) is 1.03. The molecule has 0 atom stereocenters. The van der Waals surface area contributed by atoms with E-state index in [2.05, 4.69) is 110 Å². The van der Waals surface area contributed by atoms with Crippen LogP contribution in [0.15, 0.2) is 91.0 Å². The minimum absolute atomic E-state index is 0.688. The maximum atomic E-state index is 6.32. The summed E-state index contributed by atoms with van der Waals surface area (Å²) in [4.78, 5) is 2.27. The number of ether oxygens (including phenoxy) is 1. The quantitative estimate of drug-likeness (QED) is 0.294. The molecular weight excluding hydrogens is 378 g/mol. The molecule has 0 saturated carbocycles. The molecule has 0 aromatic heterocycles. The van der Waals surface area contributed by atoms with Gasteiger partial charge >= 0.3 is 0 Å². The molecule has 2 heteroatoms. The lowest BCUT2D eigenvalue weighted by Gasteiger charge is -2.20. The highest BCUT2D eigenvalue weighted by molar-refractivity contribution is 5.82. The van der Waals surface area contributed by atoms with Gasteiger partial charge in [0, 0.05) is 25.7 Å². The van der Waals surface area contributed by atoms with Crippen LogP contribution in [0.3, 0.4) is 0 Å². The van der Waals surface area contributed by atoms with E-state index >= 15 is 0 Å². The van der Waals surface area contributed by atoms with Gasteiger partial charge in [-0.1, -0.05) is 86.1 Å². The molecule has 0 aliphatic rings. The number of rotatable bonds is 9. The molecule has 0 saturated heterocycles. The first-order valence-electron chi connectivity index (χ1n) is 11.2. The molecule has 2 nitrogen and oxygen atoms in total. The van der Waals surface area contributed by atoms with Crippen molar-refractivity contribution >= 4 is 16.5 Å². The smallest absolute Gasteiger partial charge is 0.122 e. The molecule has 4 aromatic rings. The van der Waals surface area contributed by atoms with Crippen LogP contribution >= 0.6 is 0 Å². The summed E-state index contributed by atoms with van der Waals surface area (Å²) in [5, 5.41) is 2.57. The lowest BCUT2D eigenvalue weighted by atomic mass is 10.0. The summed E-state index contributed by atoms with van der Waals surface area (Å²) in [5.41, 5.74) is 5.11. The standard InChI is InChI=1S/C29H31NO/c1-3-9-26-17-15-24(22-30(2)28-12-5-4-6-13-28)21-29(26)31-19-18-23-14-16-25-10-7-8-11-27(25)20-23/h4-8,10-17,20-21H,3,9,18-19,22H2,1-2H3. The Labute approximate surface area is 186 Å². The summed E-state index contributed by atoms with van der Waals surface area (Å²) < 4.78 is 6.32. The zero-order chi connectivity index (χ0) is 21.5. The molecule has 4 rings (SSSR count). The predicted molar refractivity (Wildman–Crippen MR) is 132 cm³/mol. The predicted octanol–water partition coefficient (Wildman–Crippen LogP) is 7.05. The number of hydrogen-bond acceptors (Lipinski definition) is 2. The molecule has 0 aliphatic carbocycles. The van der Waals surface area contributed by atoms with Crippen molar-refractivity contribution in [1.82, 2.24) is 0 Å². The molecule has 0 radical (unpaired) electrons. The van der Waals surface area contributed by atoms with Crippen LogP contribution in [0.25, 0.3) is 10.8 Å². The van der Waals surface area contributed by atoms with Gasteiger partial charge in [0.05, 0.1) is 6.61 Å². The minimum atomic E-state index is 0.688. The fourth-order valence-corrected chi connectivity index (χ4v) is 4.03. The van der Waals surface area contributed by atoms with Gasteiger partial charge in [0.2, 0.25) is 0 Å². The Bertz CT molecular complexity index is 1120. The van der Waals surface area contributed by atoms with E-state index in [-0.39, 0.29) is 0 Å². The van der Waals surface area contributed by atoms with Crippen LogP contribution in [-0.4, -0.2) is 13.7 Å². The van der Waals surface area contributed by atoms with Crippen LogP contribution < -0.4 is 9.64 Å². The number of nitrogens with zero attached hydrogens (tertiary/aromatic N) is 1. The van der Waals surface area contributed by atoms with E-state index in [9.17, 15) is 0 Å². The monoisotopic (exact) mass is 409 g/mol. The largest absolute Gasteiger partial charge is 0.493 e. The first kappa shape index (κ1) is 21.0. The van der Waals surface area contributed by atoms with Gasteiger partial charge in [0.1, 0.15) is 5.75 Å². The molecular formula is C29H31NO. The number of aryl methyl sites for hydroxylation is 1. The van der Waals surface area contributed by atoms with E-state index in [1.54, 1.807) is 0 Å². The molecule has 0 amide bonds. The molecule has 0 unspecified atom stereocenters. The third-order valence-electron chi connectivity index (χ3n) is 5.73. The SMILES string of the molecule is CCCc1ccc(CN(C)c2ccccc2)cc1OCCc1ccc2ccccc2c1. The highest BCUT2D eigenvalue weighted by atomic mass is 16.5. The molecule has 0 fully saturated rings. The van der Waals surface area contributed by atoms with Crippen molar-refractivity contribution in [3.05, 3.63) is 108 Å². The van der Waals surface area contributed by atoms with Crippen LogP contribution in [0, 0.1) is 0 Å². The molecule has 0 N–H and O–H groups in total. The summed E-state index contributed by atoms with van der Waals surface area (Å²) in [6.45, 7) is 3.76. The number of hydrogen-bond donors (Lipinski definition) is 0. The minimum Gasteiger partial charge on any atom is -0.493 e. The summed E-state index contributed by atoms with van der Waals surface area (Å²) >= 11 is 0. The molecule has 0 spiro atoms. The van der Waals surface area contributed by atoms with Crippen molar-refractivity contribution in [2.75, 3.05) is 18.6 Å². The van der Waals surface area contributed by atoms with Gasteiger partial charge in [-0.3, -0.25) is 0 Å². The Morgan fingerprint density at radius 2 is 1.45 bits per heavy atom. The van der Waals surface area contributed by atoms with Crippen LogP contribution in [0.1, 0.15) is 30.0 Å². The van der Waals surface area contributed by atoms with Gasteiger partial charge in [-0.2, -0.15) is 0 Å². The van der Waals surface area contributed by atoms with E-state index < -0.39 is 0 Å².